The van der Waals surface area contributed by atoms with Gasteiger partial charge < -0.3 is 10.5 Å². The van der Waals surface area contributed by atoms with Crippen LogP contribution in [0.4, 0.5) is 0 Å². The molecule has 0 saturated heterocycles. The van der Waals surface area contributed by atoms with Gasteiger partial charge in [-0.05, 0) is 42.0 Å². The Morgan fingerprint density at radius 3 is 2.65 bits per heavy atom. The normalized spacial score (nSPS) is 10.7. The van der Waals surface area contributed by atoms with E-state index in [1.54, 1.807) is 36.4 Å². The summed E-state index contributed by atoms with van der Waals surface area (Å²) in [5.41, 5.74) is 6.12. The summed E-state index contributed by atoms with van der Waals surface area (Å²) in [5.74, 6) is -0.593. The minimum absolute atomic E-state index is 0.273. The van der Waals surface area contributed by atoms with Crippen molar-refractivity contribution in [2.45, 2.75) is 0 Å². The fourth-order valence-corrected chi connectivity index (χ4v) is 2.39. The molecule has 2 rings (SSSR count). The quantitative estimate of drug-likeness (QED) is 0.597. The van der Waals surface area contributed by atoms with Gasteiger partial charge in [-0.15, -0.1) is 0 Å². The van der Waals surface area contributed by atoms with Crippen LogP contribution in [0.25, 0.3) is 6.08 Å². The van der Waals surface area contributed by atoms with Crippen molar-refractivity contribution >= 4 is 45.3 Å². The number of allylic oxidation sites excluding steroid dienone is 1. The molecule has 23 heavy (non-hydrogen) atoms. The molecule has 2 aromatic rings. The van der Waals surface area contributed by atoms with E-state index in [0.717, 1.165) is 10.0 Å². The Balaban J connectivity index is 2.26. The second kappa shape index (κ2) is 7.94. The second-order valence-corrected chi connectivity index (χ2v) is 5.94. The molecule has 2 N–H and O–H groups in total. The standard InChI is InChI=1S/C17H13BrClNO3/c18-12-6-8-16(23-10-17(20)22)13(9-12)15(21)7-5-11-3-1-2-4-14(11)19/h1-9H,10H2,(H2,20,22)/b7-5+. The number of benzene rings is 2. The Bertz CT molecular complexity index is 774. The van der Waals surface area contributed by atoms with E-state index in [2.05, 4.69) is 15.9 Å². The van der Waals surface area contributed by atoms with Crippen LogP contribution in [-0.2, 0) is 4.79 Å². The van der Waals surface area contributed by atoms with Gasteiger partial charge in [0.2, 0.25) is 0 Å². The molecule has 0 aliphatic rings. The van der Waals surface area contributed by atoms with Gasteiger partial charge in [-0.25, -0.2) is 0 Å². The number of nitrogens with two attached hydrogens (primary N) is 1. The Kier molecular flexibility index (Phi) is 5.96. The Morgan fingerprint density at radius 2 is 1.96 bits per heavy atom. The molecule has 0 bridgehead atoms. The van der Waals surface area contributed by atoms with E-state index in [0.29, 0.717) is 16.3 Å². The zero-order chi connectivity index (χ0) is 16.8. The minimum atomic E-state index is -0.613. The highest BCUT2D eigenvalue weighted by molar-refractivity contribution is 9.10. The van der Waals surface area contributed by atoms with Gasteiger partial charge in [0.15, 0.2) is 12.4 Å². The highest BCUT2D eigenvalue weighted by Crippen LogP contribution is 2.25. The summed E-state index contributed by atoms with van der Waals surface area (Å²) in [6, 6.07) is 12.1. The molecule has 0 heterocycles. The summed E-state index contributed by atoms with van der Waals surface area (Å²) in [4.78, 5) is 23.2. The molecule has 0 aliphatic carbocycles. The Labute approximate surface area is 147 Å². The summed E-state index contributed by atoms with van der Waals surface area (Å²) < 4.78 is 6.00. The van der Waals surface area contributed by atoms with Crippen molar-refractivity contribution in [2.75, 3.05) is 6.61 Å². The zero-order valence-electron chi connectivity index (χ0n) is 12.0. The number of primary amides is 1. The smallest absolute Gasteiger partial charge is 0.255 e. The molecule has 118 valence electrons. The number of ether oxygens (including phenoxy) is 1. The molecule has 4 nitrogen and oxygen atoms in total. The maximum absolute atomic E-state index is 12.4. The molecule has 0 unspecified atom stereocenters. The maximum atomic E-state index is 12.4. The maximum Gasteiger partial charge on any atom is 0.255 e. The third kappa shape index (κ3) is 4.94. The van der Waals surface area contributed by atoms with E-state index in [1.165, 1.54) is 6.08 Å². The number of hydrogen-bond donors (Lipinski definition) is 1. The van der Waals surface area contributed by atoms with Gasteiger partial charge in [-0.1, -0.05) is 45.7 Å². The molecular weight excluding hydrogens is 382 g/mol. The summed E-state index contributed by atoms with van der Waals surface area (Å²) in [7, 11) is 0. The number of halogens is 2. The van der Waals surface area contributed by atoms with Crippen LogP contribution < -0.4 is 10.5 Å². The predicted molar refractivity (Wildman–Crippen MR) is 93.6 cm³/mol. The SMILES string of the molecule is NC(=O)COc1ccc(Br)cc1C(=O)/C=C/c1ccccc1Cl. The molecule has 0 saturated carbocycles. The average molecular weight is 395 g/mol. The first-order valence-corrected chi connectivity index (χ1v) is 7.82. The Morgan fingerprint density at radius 1 is 1.22 bits per heavy atom. The molecule has 0 aliphatic heterocycles. The summed E-state index contributed by atoms with van der Waals surface area (Å²) in [6.07, 6.45) is 3.03. The predicted octanol–water partition coefficient (Wildman–Crippen LogP) is 3.86. The van der Waals surface area contributed by atoms with Crippen molar-refractivity contribution in [1.29, 1.82) is 0 Å². The zero-order valence-corrected chi connectivity index (χ0v) is 14.3. The third-order valence-electron chi connectivity index (χ3n) is 2.90. The van der Waals surface area contributed by atoms with E-state index in [1.807, 2.05) is 12.1 Å². The summed E-state index contributed by atoms with van der Waals surface area (Å²) >= 11 is 9.36. The van der Waals surface area contributed by atoms with Gasteiger partial charge in [0.25, 0.3) is 5.91 Å². The number of hydrogen-bond acceptors (Lipinski definition) is 3. The van der Waals surface area contributed by atoms with E-state index in [-0.39, 0.29) is 12.4 Å². The van der Waals surface area contributed by atoms with Gasteiger partial charge in [0.05, 0.1) is 5.56 Å². The summed E-state index contributed by atoms with van der Waals surface area (Å²) in [5, 5.41) is 0.552. The van der Waals surface area contributed by atoms with E-state index in [4.69, 9.17) is 22.1 Å². The third-order valence-corrected chi connectivity index (χ3v) is 3.73. The average Bonchev–Trinajstić information content (AvgIpc) is 2.52. The van der Waals surface area contributed by atoms with Crippen molar-refractivity contribution < 1.29 is 14.3 Å². The molecule has 0 atom stereocenters. The van der Waals surface area contributed by atoms with Crippen LogP contribution in [0.15, 0.2) is 53.0 Å². The lowest BCUT2D eigenvalue weighted by molar-refractivity contribution is -0.119. The highest BCUT2D eigenvalue weighted by Gasteiger charge is 2.12. The number of rotatable bonds is 6. The topological polar surface area (TPSA) is 69.4 Å². The fourth-order valence-electron chi connectivity index (χ4n) is 1.84. The minimum Gasteiger partial charge on any atom is -0.483 e. The summed E-state index contributed by atoms with van der Waals surface area (Å²) in [6.45, 7) is -0.295. The molecular formula is C17H13BrClNO3. The van der Waals surface area contributed by atoms with Crippen LogP contribution in [0.1, 0.15) is 15.9 Å². The van der Waals surface area contributed by atoms with Crippen LogP contribution in [0.5, 0.6) is 5.75 Å². The Hall–Kier alpha value is -2.11. The lowest BCUT2D eigenvalue weighted by Gasteiger charge is -2.08. The van der Waals surface area contributed by atoms with Gasteiger partial charge in [-0.3, -0.25) is 9.59 Å². The largest absolute Gasteiger partial charge is 0.483 e. The van der Waals surface area contributed by atoms with Gasteiger partial charge in [0, 0.05) is 9.50 Å². The second-order valence-electron chi connectivity index (χ2n) is 4.61. The van der Waals surface area contributed by atoms with Crippen molar-refractivity contribution in [3.8, 4) is 5.75 Å². The van der Waals surface area contributed by atoms with Crippen LogP contribution in [0, 0.1) is 0 Å². The van der Waals surface area contributed by atoms with Crippen molar-refractivity contribution in [2.24, 2.45) is 5.73 Å². The van der Waals surface area contributed by atoms with Crippen LogP contribution in [0.3, 0.4) is 0 Å². The molecule has 0 radical (unpaired) electrons. The van der Waals surface area contributed by atoms with E-state index in [9.17, 15) is 9.59 Å². The monoisotopic (exact) mass is 393 g/mol. The first-order chi connectivity index (χ1) is 11.0. The first kappa shape index (κ1) is 17.2. The van der Waals surface area contributed by atoms with Crippen molar-refractivity contribution in [3.63, 3.8) is 0 Å². The molecule has 6 heteroatoms. The molecule has 0 fully saturated rings. The molecule has 0 spiro atoms. The van der Waals surface area contributed by atoms with Crippen LogP contribution in [0.2, 0.25) is 5.02 Å². The molecule has 2 aromatic carbocycles. The first-order valence-electron chi connectivity index (χ1n) is 6.65. The fraction of sp³-hybridized carbons (Fsp3) is 0.0588. The van der Waals surface area contributed by atoms with E-state index < -0.39 is 5.91 Å². The van der Waals surface area contributed by atoms with Crippen molar-refractivity contribution in [1.82, 2.24) is 0 Å². The number of carbonyl (C=O) groups excluding carboxylic acids is 2. The lowest BCUT2D eigenvalue weighted by atomic mass is 10.1. The lowest BCUT2D eigenvalue weighted by Crippen LogP contribution is -2.20. The number of carbonyl (C=O) groups is 2. The molecule has 0 aromatic heterocycles. The van der Waals surface area contributed by atoms with Gasteiger partial charge >= 0.3 is 0 Å². The molecule has 1 amide bonds. The van der Waals surface area contributed by atoms with Crippen molar-refractivity contribution in [3.05, 3.63) is 69.2 Å². The highest BCUT2D eigenvalue weighted by atomic mass is 79.9. The van der Waals surface area contributed by atoms with E-state index >= 15 is 0 Å². The van der Waals surface area contributed by atoms with Crippen LogP contribution >= 0.6 is 27.5 Å². The number of ketones is 1. The van der Waals surface area contributed by atoms with Crippen LogP contribution in [-0.4, -0.2) is 18.3 Å². The number of amides is 1. The van der Waals surface area contributed by atoms with Gasteiger partial charge in [0.1, 0.15) is 5.75 Å². The van der Waals surface area contributed by atoms with Gasteiger partial charge in [-0.2, -0.15) is 0 Å².